The maximum atomic E-state index is 12.7. The Morgan fingerprint density at radius 1 is 1.05 bits per heavy atom. The number of carbonyl (C=O) groups is 2. The number of oxime groups is 1. The van der Waals surface area contributed by atoms with Crippen LogP contribution in [0, 0.1) is 0 Å². The lowest BCUT2D eigenvalue weighted by Gasteiger charge is -2.37. The van der Waals surface area contributed by atoms with Gasteiger partial charge in [-0.05, 0) is 35.4 Å². The fourth-order valence-corrected chi connectivity index (χ4v) is 4.52. The fraction of sp³-hybridized carbons (Fsp3) is 0.259. The normalized spacial score (nSPS) is 20.2. The molecule has 37 heavy (non-hydrogen) atoms. The molecule has 192 valence electrons. The number of nitrogens with one attached hydrogen (secondary N) is 1. The number of aromatic nitrogens is 1. The van der Waals surface area contributed by atoms with Crippen molar-refractivity contribution in [2.45, 2.75) is 24.7 Å². The fourth-order valence-electron chi connectivity index (χ4n) is 4.52. The molecule has 5 N–H and O–H groups in total. The number of primary amides is 1. The van der Waals surface area contributed by atoms with Crippen LogP contribution in [-0.4, -0.2) is 58.7 Å². The second-order valence-electron chi connectivity index (χ2n) is 8.76. The molecular weight excluding hydrogens is 474 g/mol. The van der Waals surface area contributed by atoms with Crippen LogP contribution in [0.3, 0.4) is 0 Å². The third-order valence-corrected chi connectivity index (χ3v) is 6.35. The van der Waals surface area contributed by atoms with Gasteiger partial charge in [-0.2, -0.15) is 0 Å². The third kappa shape index (κ3) is 6.00. The Morgan fingerprint density at radius 2 is 1.84 bits per heavy atom. The maximum absolute atomic E-state index is 12.7. The van der Waals surface area contributed by atoms with Crippen molar-refractivity contribution in [1.29, 1.82) is 0 Å². The molecule has 2 amide bonds. The van der Waals surface area contributed by atoms with E-state index in [2.05, 4.69) is 20.4 Å². The van der Waals surface area contributed by atoms with Gasteiger partial charge in [0, 0.05) is 43.2 Å². The van der Waals surface area contributed by atoms with Gasteiger partial charge in [-0.15, -0.1) is 0 Å². The highest BCUT2D eigenvalue weighted by Crippen LogP contribution is 2.29. The van der Waals surface area contributed by atoms with E-state index in [4.69, 9.17) is 15.3 Å². The number of carbonyl (C=O) groups excluding carboxylic acids is 2. The second kappa shape index (κ2) is 11.7. The quantitative estimate of drug-likeness (QED) is 0.503. The first kappa shape index (κ1) is 26.0. The number of benzene rings is 2. The molecule has 2 aliphatic rings. The lowest BCUT2D eigenvalue weighted by atomic mass is 10.0. The molecule has 3 atom stereocenters. The van der Waals surface area contributed by atoms with Crippen molar-refractivity contribution in [3.63, 3.8) is 0 Å². The first-order valence-electron chi connectivity index (χ1n) is 11.8. The molecule has 10 heteroatoms. The molecule has 5 rings (SSSR count). The van der Waals surface area contributed by atoms with Crippen LogP contribution in [-0.2, 0) is 19.2 Å². The SMILES string of the molecule is NC(=O)C(c1ccccc1)N1CCOC(c2ccc(NC(=O)C3CC(c4cccnc4)=NO3)cc2)C1.O. The van der Waals surface area contributed by atoms with Crippen LogP contribution in [0.5, 0.6) is 0 Å². The topological polar surface area (TPSA) is 151 Å². The first-order valence-corrected chi connectivity index (χ1v) is 11.8. The van der Waals surface area contributed by atoms with Crippen LogP contribution in [0.1, 0.15) is 35.3 Å². The molecule has 1 saturated heterocycles. The average molecular weight is 504 g/mol. The van der Waals surface area contributed by atoms with Crippen molar-refractivity contribution in [3.05, 3.63) is 95.8 Å². The summed E-state index contributed by atoms with van der Waals surface area (Å²) in [5.41, 5.74) is 9.76. The number of rotatable bonds is 7. The Bertz CT molecular complexity index is 1240. The molecule has 0 saturated carbocycles. The number of amides is 2. The molecule has 0 aliphatic carbocycles. The molecule has 3 unspecified atom stereocenters. The molecule has 3 heterocycles. The van der Waals surface area contributed by atoms with Crippen molar-refractivity contribution >= 4 is 23.2 Å². The Labute approximate surface area is 214 Å². The van der Waals surface area contributed by atoms with Crippen LogP contribution >= 0.6 is 0 Å². The van der Waals surface area contributed by atoms with Crippen molar-refractivity contribution in [2.75, 3.05) is 25.0 Å². The van der Waals surface area contributed by atoms with E-state index in [1.54, 1.807) is 12.4 Å². The van der Waals surface area contributed by atoms with Gasteiger partial charge in [-0.25, -0.2) is 0 Å². The monoisotopic (exact) mass is 503 g/mol. The largest absolute Gasteiger partial charge is 0.412 e. The van der Waals surface area contributed by atoms with Crippen LogP contribution in [0.25, 0.3) is 0 Å². The van der Waals surface area contributed by atoms with Gasteiger partial charge in [0.1, 0.15) is 6.04 Å². The summed E-state index contributed by atoms with van der Waals surface area (Å²) in [6.07, 6.45) is 2.84. The highest BCUT2D eigenvalue weighted by molar-refractivity contribution is 6.05. The molecule has 1 fully saturated rings. The van der Waals surface area contributed by atoms with E-state index in [9.17, 15) is 9.59 Å². The van der Waals surface area contributed by atoms with Crippen molar-refractivity contribution in [3.8, 4) is 0 Å². The number of anilines is 1. The molecular formula is C27H29N5O5. The summed E-state index contributed by atoms with van der Waals surface area (Å²) in [5, 5.41) is 6.93. The number of pyridine rings is 1. The zero-order valence-electron chi connectivity index (χ0n) is 20.1. The Balaban J connectivity index is 0.00000320. The maximum Gasteiger partial charge on any atom is 0.268 e. The summed E-state index contributed by atoms with van der Waals surface area (Å²) < 4.78 is 5.99. The molecule has 0 radical (unpaired) electrons. The van der Waals surface area contributed by atoms with Gasteiger partial charge >= 0.3 is 0 Å². The second-order valence-corrected chi connectivity index (χ2v) is 8.76. The highest BCUT2D eigenvalue weighted by Gasteiger charge is 2.32. The Hall–Kier alpha value is -4.12. The van der Waals surface area contributed by atoms with Gasteiger partial charge in [0.2, 0.25) is 12.0 Å². The van der Waals surface area contributed by atoms with E-state index in [1.807, 2.05) is 66.7 Å². The minimum Gasteiger partial charge on any atom is -0.412 e. The van der Waals surface area contributed by atoms with Gasteiger partial charge in [0.15, 0.2) is 0 Å². The molecule has 1 aromatic heterocycles. The molecule has 2 aromatic carbocycles. The van der Waals surface area contributed by atoms with Crippen LogP contribution in [0.15, 0.2) is 84.3 Å². The Kier molecular flexibility index (Phi) is 8.24. The summed E-state index contributed by atoms with van der Waals surface area (Å²) in [4.78, 5) is 36.5. The van der Waals surface area contributed by atoms with E-state index >= 15 is 0 Å². The first-order chi connectivity index (χ1) is 17.6. The van der Waals surface area contributed by atoms with Crippen molar-refractivity contribution in [1.82, 2.24) is 9.88 Å². The summed E-state index contributed by atoms with van der Waals surface area (Å²) in [5.74, 6) is -0.651. The molecule has 2 aliphatic heterocycles. The van der Waals surface area contributed by atoms with E-state index in [0.717, 1.165) is 16.7 Å². The van der Waals surface area contributed by atoms with Gasteiger partial charge < -0.3 is 26.1 Å². The van der Waals surface area contributed by atoms with Gasteiger partial charge in [-0.1, -0.05) is 47.6 Å². The summed E-state index contributed by atoms with van der Waals surface area (Å²) in [6.45, 7) is 1.62. The van der Waals surface area contributed by atoms with E-state index < -0.39 is 12.1 Å². The highest BCUT2D eigenvalue weighted by atomic mass is 16.6. The minimum atomic E-state index is -0.696. The lowest BCUT2D eigenvalue weighted by Crippen LogP contribution is -2.45. The van der Waals surface area contributed by atoms with E-state index in [0.29, 0.717) is 37.5 Å². The standard InChI is InChI=1S/C27H27N5O4.H2O/c28-26(33)25(19-5-2-1-3-6-19)32-13-14-35-24(17-32)18-8-10-21(11-9-18)30-27(34)23-15-22(31-36-23)20-7-4-12-29-16-20;/h1-12,16,23-25H,13-15,17H2,(H2,28,33)(H,30,34);1H2. The van der Waals surface area contributed by atoms with Crippen molar-refractivity contribution < 1.29 is 24.6 Å². The van der Waals surface area contributed by atoms with Gasteiger partial charge in [0.05, 0.1) is 18.4 Å². The van der Waals surface area contributed by atoms with E-state index in [1.165, 1.54) is 0 Å². The van der Waals surface area contributed by atoms with Crippen LogP contribution in [0.4, 0.5) is 5.69 Å². The Morgan fingerprint density at radius 3 is 2.54 bits per heavy atom. The molecule has 3 aromatic rings. The summed E-state index contributed by atoms with van der Waals surface area (Å²) in [7, 11) is 0. The summed E-state index contributed by atoms with van der Waals surface area (Å²) >= 11 is 0. The predicted molar refractivity (Wildman–Crippen MR) is 138 cm³/mol. The molecule has 0 bridgehead atoms. The number of hydrogen-bond acceptors (Lipinski definition) is 7. The number of morpholine rings is 1. The lowest BCUT2D eigenvalue weighted by molar-refractivity contribution is -0.127. The number of hydrogen-bond donors (Lipinski definition) is 2. The third-order valence-electron chi connectivity index (χ3n) is 6.35. The summed E-state index contributed by atoms with van der Waals surface area (Å²) in [6, 6.07) is 20.2. The molecule has 10 nitrogen and oxygen atoms in total. The zero-order valence-corrected chi connectivity index (χ0v) is 20.1. The number of ether oxygens (including phenoxy) is 1. The minimum absolute atomic E-state index is 0. The zero-order chi connectivity index (χ0) is 24.9. The van der Waals surface area contributed by atoms with Crippen molar-refractivity contribution in [2.24, 2.45) is 10.9 Å². The average Bonchev–Trinajstić information content (AvgIpc) is 3.41. The van der Waals surface area contributed by atoms with E-state index in [-0.39, 0.29) is 23.4 Å². The van der Waals surface area contributed by atoms with Crippen LogP contribution < -0.4 is 11.1 Å². The predicted octanol–water partition coefficient (Wildman–Crippen LogP) is 1.99. The molecule has 0 spiro atoms. The number of nitrogens with two attached hydrogens (primary N) is 1. The number of nitrogens with zero attached hydrogens (tertiary/aromatic N) is 3. The van der Waals surface area contributed by atoms with Crippen LogP contribution in [0.2, 0.25) is 0 Å². The smallest absolute Gasteiger partial charge is 0.268 e. The van der Waals surface area contributed by atoms with Gasteiger partial charge in [0.25, 0.3) is 5.91 Å². The van der Waals surface area contributed by atoms with Gasteiger partial charge in [-0.3, -0.25) is 19.5 Å².